The molecular formula is C13H23NO2. The third kappa shape index (κ3) is 2.40. The highest BCUT2D eigenvalue weighted by Gasteiger charge is 2.45. The maximum absolute atomic E-state index is 10.6. The molecule has 0 unspecified atom stereocenters. The van der Waals surface area contributed by atoms with Gasteiger partial charge in [-0.2, -0.15) is 0 Å². The van der Waals surface area contributed by atoms with Crippen LogP contribution in [-0.4, -0.2) is 35.6 Å². The van der Waals surface area contributed by atoms with Gasteiger partial charge >= 0.3 is 5.97 Å². The van der Waals surface area contributed by atoms with Gasteiger partial charge in [0, 0.05) is 13.1 Å². The van der Waals surface area contributed by atoms with Crippen molar-refractivity contribution >= 4 is 5.97 Å². The first kappa shape index (κ1) is 11.9. The molecule has 1 heterocycles. The monoisotopic (exact) mass is 225 g/mol. The molecule has 0 aromatic rings. The van der Waals surface area contributed by atoms with Gasteiger partial charge in [0.1, 0.15) is 0 Å². The standard InChI is InChI=1S/C13H23NO2/c1-10(2)11-3-5-13(6-4-11)8-14(9-13)7-12(15)16/h10-11H,3-9H2,1-2H3,(H,15,16). The van der Waals surface area contributed by atoms with Crippen molar-refractivity contribution in [3.63, 3.8) is 0 Å². The second-order valence-electron chi connectivity index (χ2n) is 6.12. The molecule has 1 saturated heterocycles. The summed E-state index contributed by atoms with van der Waals surface area (Å²) < 4.78 is 0. The van der Waals surface area contributed by atoms with Crippen molar-refractivity contribution in [2.75, 3.05) is 19.6 Å². The third-order valence-corrected chi connectivity index (χ3v) is 4.51. The number of carboxylic acid groups (broad SMARTS) is 1. The highest BCUT2D eigenvalue weighted by atomic mass is 16.4. The number of hydrogen-bond acceptors (Lipinski definition) is 2. The molecule has 0 aromatic carbocycles. The molecule has 1 spiro atoms. The third-order valence-electron chi connectivity index (χ3n) is 4.51. The summed E-state index contributed by atoms with van der Waals surface area (Å²) in [6, 6.07) is 0. The molecule has 1 saturated carbocycles. The molecule has 92 valence electrons. The Morgan fingerprint density at radius 2 is 1.94 bits per heavy atom. The van der Waals surface area contributed by atoms with E-state index in [0.29, 0.717) is 5.41 Å². The number of carbonyl (C=O) groups is 1. The lowest BCUT2D eigenvalue weighted by molar-refractivity contribution is -0.143. The van der Waals surface area contributed by atoms with E-state index in [2.05, 4.69) is 18.7 Å². The van der Waals surface area contributed by atoms with Crippen LogP contribution in [0, 0.1) is 17.3 Å². The summed E-state index contributed by atoms with van der Waals surface area (Å²) in [5, 5.41) is 8.71. The molecular weight excluding hydrogens is 202 g/mol. The lowest BCUT2D eigenvalue weighted by Crippen LogP contribution is -2.58. The Hall–Kier alpha value is -0.570. The topological polar surface area (TPSA) is 40.5 Å². The van der Waals surface area contributed by atoms with Crippen LogP contribution < -0.4 is 0 Å². The van der Waals surface area contributed by atoms with Gasteiger partial charge in [0.2, 0.25) is 0 Å². The molecule has 1 aliphatic carbocycles. The number of aliphatic carboxylic acids is 1. The molecule has 1 N–H and O–H groups in total. The van der Waals surface area contributed by atoms with Gasteiger partial charge in [0.25, 0.3) is 0 Å². The first-order valence-electron chi connectivity index (χ1n) is 6.45. The molecule has 1 aliphatic heterocycles. The van der Waals surface area contributed by atoms with E-state index in [1.165, 1.54) is 25.7 Å². The number of carboxylic acids is 1. The lowest BCUT2D eigenvalue weighted by atomic mass is 9.64. The van der Waals surface area contributed by atoms with Gasteiger partial charge in [-0.05, 0) is 42.9 Å². The van der Waals surface area contributed by atoms with Gasteiger partial charge in [0.05, 0.1) is 6.54 Å². The van der Waals surface area contributed by atoms with E-state index in [-0.39, 0.29) is 6.54 Å². The van der Waals surface area contributed by atoms with E-state index in [1.807, 2.05) is 0 Å². The van der Waals surface area contributed by atoms with Crippen LogP contribution in [0.25, 0.3) is 0 Å². The predicted molar refractivity (Wildman–Crippen MR) is 63.3 cm³/mol. The van der Waals surface area contributed by atoms with Crippen LogP contribution >= 0.6 is 0 Å². The molecule has 0 bridgehead atoms. The molecule has 3 nitrogen and oxygen atoms in total. The van der Waals surface area contributed by atoms with Crippen molar-refractivity contribution < 1.29 is 9.90 Å². The van der Waals surface area contributed by atoms with E-state index in [0.717, 1.165) is 24.9 Å². The smallest absolute Gasteiger partial charge is 0.317 e. The van der Waals surface area contributed by atoms with E-state index < -0.39 is 5.97 Å². The van der Waals surface area contributed by atoms with E-state index >= 15 is 0 Å². The minimum absolute atomic E-state index is 0.232. The predicted octanol–water partition coefficient (Wildman–Crippen LogP) is 2.22. The van der Waals surface area contributed by atoms with Crippen molar-refractivity contribution in [1.82, 2.24) is 4.90 Å². The van der Waals surface area contributed by atoms with Gasteiger partial charge in [-0.1, -0.05) is 13.8 Å². The highest BCUT2D eigenvalue weighted by molar-refractivity contribution is 5.69. The molecule has 2 rings (SSSR count). The zero-order valence-corrected chi connectivity index (χ0v) is 10.4. The number of likely N-dealkylation sites (tertiary alicyclic amines) is 1. The number of rotatable bonds is 3. The van der Waals surface area contributed by atoms with Crippen LogP contribution in [0.2, 0.25) is 0 Å². The quantitative estimate of drug-likeness (QED) is 0.800. The average molecular weight is 225 g/mol. The Labute approximate surface area is 97.8 Å². The van der Waals surface area contributed by atoms with Gasteiger partial charge < -0.3 is 5.11 Å². The summed E-state index contributed by atoms with van der Waals surface area (Å²) in [7, 11) is 0. The summed E-state index contributed by atoms with van der Waals surface area (Å²) in [5.41, 5.74) is 0.487. The molecule has 3 heteroatoms. The van der Waals surface area contributed by atoms with Gasteiger partial charge in [0.15, 0.2) is 0 Å². The Bertz CT molecular complexity index is 259. The van der Waals surface area contributed by atoms with Crippen LogP contribution in [0.15, 0.2) is 0 Å². The van der Waals surface area contributed by atoms with Crippen molar-refractivity contribution in [2.24, 2.45) is 17.3 Å². The zero-order valence-electron chi connectivity index (χ0n) is 10.4. The van der Waals surface area contributed by atoms with Gasteiger partial charge in [-0.15, -0.1) is 0 Å². The number of nitrogens with zero attached hydrogens (tertiary/aromatic N) is 1. The molecule has 0 amide bonds. The van der Waals surface area contributed by atoms with Crippen LogP contribution in [0.4, 0.5) is 0 Å². The van der Waals surface area contributed by atoms with E-state index in [9.17, 15) is 4.79 Å². The van der Waals surface area contributed by atoms with Crippen molar-refractivity contribution in [3.05, 3.63) is 0 Å². The summed E-state index contributed by atoms with van der Waals surface area (Å²) in [4.78, 5) is 12.6. The first-order valence-corrected chi connectivity index (χ1v) is 6.45. The largest absolute Gasteiger partial charge is 0.480 e. The van der Waals surface area contributed by atoms with Crippen LogP contribution in [0.1, 0.15) is 39.5 Å². The van der Waals surface area contributed by atoms with Crippen molar-refractivity contribution in [3.8, 4) is 0 Å². The normalized spacial score (nSPS) is 25.9. The fourth-order valence-corrected chi connectivity index (χ4v) is 3.44. The second-order valence-corrected chi connectivity index (χ2v) is 6.12. The molecule has 2 fully saturated rings. The summed E-state index contributed by atoms with van der Waals surface area (Å²) in [5.74, 6) is 1.03. The Balaban J connectivity index is 1.76. The Morgan fingerprint density at radius 3 is 2.38 bits per heavy atom. The minimum Gasteiger partial charge on any atom is -0.480 e. The Morgan fingerprint density at radius 1 is 1.38 bits per heavy atom. The fourth-order valence-electron chi connectivity index (χ4n) is 3.44. The molecule has 2 aliphatic rings. The summed E-state index contributed by atoms with van der Waals surface area (Å²) in [6.07, 6.45) is 5.31. The van der Waals surface area contributed by atoms with Gasteiger partial charge in [-0.25, -0.2) is 0 Å². The molecule has 0 radical (unpaired) electrons. The van der Waals surface area contributed by atoms with Crippen molar-refractivity contribution in [2.45, 2.75) is 39.5 Å². The minimum atomic E-state index is -0.689. The highest BCUT2D eigenvalue weighted by Crippen LogP contribution is 2.46. The summed E-state index contributed by atoms with van der Waals surface area (Å²) >= 11 is 0. The number of hydrogen-bond donors (Lipinski definition) is 1. The molecule has 0 atom stereocenters. The maximum atomic E-state index is 10.6. The maximum Gasteiger partial charge on any atom is 0.317 e. The second kappa shape index (κ2) is 4.36. The first-order chi connectivity index (χ1) is 7.51. The molecule has 16 heavy (non-hydrogen) atoms. The zero-order chi connectivity index (χ0) is 11.8. The lowest BCUT2D eigenvalue weighted by Gasteiger charge is -2.53. The van der Waals surface area contributed by atoms with E-state index in [4.69, 9.17) is 5.11 Å². The van der Waals surface area contributed by atoms with Crippen LogP contribution in [0.5, 0.6) is 0 Å². The van der Waals surface area contributed by atoms with Crippen molar-refractivity contribution in [1.29, 1.82) is 0 Å². The van der Waals surface area contributed by atoms with Crippen LogP contribution in [0.3, 0.4) is 0 Å². The summed E-state index contributed by atoms with van der Waals surface area (Å²) in [6.45, 7) is 6.91. The van der Waals surface area contributed by atoms with Crippen LogP contribution in [-0.2, 0) is 4.79 Å². The van der Waals surface area contributed by atoms with Gasteiger partial charge in [-0.3, -0.25) is 9.69 Å². The average Bonchev–Trinajstić information content (AvgIpc) is 2.15. The molecule has 0 aromatic heterocycles. The Kier molecular flexibility index (Phi) is 3.24. The fraction of sp³-hybridized carbons (Fsp3) is 0.923. The SMILES string of the molecule is CC(C)C1CCC2(CC1)CN(CC(=O)O)C2. The van der Waals surface area contributed by atoms with E-state index in [1.54, 1.807) is 0 Å².